The summed E-state index contributed by atoms with van der Waals surface area (Å²) in [6, 6.07) is 4.61. The van der Waals surface area contributed by atoms with Crippen LogP contribution in [-0.2, 0) is 14.1 Å². The lowest BCUT2D eigenvalue weighted by Crippen LogP contribution is -2.43. The van der Waals surface area contributed by atoms with Crippen LogP contribution >= 0.6 is 0 Å². The molecule has 0 bridgehead atoms. The Morgan fingerprint density at radius 1 is 1.20 bits per heavy atom. The molecule has 1 fully saturated rings. The van der Waals surface area contributed by atoms with Crippen molar-refractivity contribution in [2.45, 2.75) is 18.4 Å². The van der Waals surface area contributed by atoms with E-state index >= 15 is 0 Å². The molecule has 1 aliphatic carbocycles. The number of carbonyl (C=O) groups is 1. The van der Waals surface area contributed by atoms with E-state index in [0.29, 0.717) is 23.1 Å². The largest absolute Gasteiger partial charge is 0.336 e. The average Bonchev–Trinajstić information content (AvgIpc) is 3.37. The van der Waals surface area contributed by atoms with Crippen molar-refractivity contribution in [1.82, 2.24) is 19.4 Å². The van der Waals surface area contributed by atoms with Gasteiger partial charge in [-0.2, -0.15) is 0 Å². The molecule has 1 aromatic heterocycles. The van der Waals surface area contributed by atoms with E-state index < -0.39 is 5.69 Å². The van der Waals surface area contributed by atoms with Crippen LogP contribution in [0.1, 0.15) is 12.8 Å². The lowest BCUT2D eigenvalue weighted by Gasteiger charge is -2.24. The Bertz CT molecular complexity index is 953. The molecule has 0 saturated heterocycles. The molecule has 134 valence electrons. The maximum atomic E-state index is 12.2. The molecule has 8 heteroatoms. The molecule has 3 rings (SSSR count). The van der Waals surface area contributed by atoms with Gasteiger partial charge in [-0.1, -0.05) is 0 Å². The van der Waals surface area contributed by atoms with Gasteiger partial charge < -0.3 is 15.5 Å². The number of anilines is 1. The number of aryl methyl sites for hydroxylation is 1. The summed E-state index contributed by atoms with van der Waals surface area (Å²) in [7, 11) is 7.07. The third-order valence-electron chi connectivity index (χ3n) is 5.08. The van der Waals surface area contributed by atoms with Crippen LogP contribution < -0.4 is 21.9 Å². The van der Waals surface area contributed by atoms with Crippen LogP contribution in [0, 0.1) is 0 Å². The molecular weight excluding hydrogens is 322 g/mol. The summed E-state index contributed by atoms with van der Waals surface area (Å²) in [6.07, 6.45) is 2.14. The van der Waals surface area contributed by atoms with Crippen molar-refractivity contribution in [3.63, 3.8) is 0 Å². The number of hydrogen-bond acceptors (Lipinski definition) is 4. The SMILES string of the molecule is CN(C)C1(CNC(=O)Nc2ccc3c(=O)n(C)c(=O)n(C)c3c2)CC1. The van der Waals surface area contributed by atoms with E-state index in [0.717, 1.165) is 17.4 Å². The molecule has 1 heterocycles. The van der Waals surface area contributed by atoms with E-state index in [9.17, 15) is 14.4 Å². The number of carbonyl (C=O) groups excluding carboxylic acids is 1. The van der Waals surface area contributed by atoms with Gasteiger partial charge in [-0.05, 0) is 45.1 Å². The highest BCUT2D eigenvalue weighted by molar-refractivity contribution is 5.92. The highest BCUT2D eigenvalue weighted by atomic mass is 16.2. The van der Waals surface area contributed by atoms with Crippen molar-refractivity contribution in [2.24, 2.45) is 14.1 Å². The first-order valence-corrected chi connectivity index (χ1v) is 8.17. The van der Waals surface area contributed by atoms with Crippen LogP contribution in [0.5, 0.6) is 0 Å². The molecule has 2 amide bonds. The number of rotatable bonds is 4. The maximum Gasteiger partial charge on any atom is 0.330 e. The Hall–Kier alpha value is -2.61. The quantitative estimate of drug-likeness (QED) is 0.842. The molecule has 2 aromatic rings. The van der Waals surface area contributed by atoms with E-state index in [1.54, 1.807) is 25.2 Å². The van der Waals surface area contributed by atoms with Gasteiger partial charge in [0.2, 0.25) is 0 Å². The molecule has 25 heavy (non-hydrogen) atoms. The standard InChI is InChI=1S/C17H23N5O3/c1-20(2)17(7-8-17)10-18-15(24)19-11-5-6-12-13(9-11)21(3)16(25)22(4)14(12)23/h5-6,9H,7-8,10H2,1-4H3,(H2,18,19,24). The Morgan fingerprint density at radius 3 is 2.48 bits per heavy atom. The van der Waals surface area contributed by atoms with Gasteiger partial charge in [0.25, 0.3) is 5.56 Å². The molecule has 8 nitrogen and oxygen atoms in total. The summed E-state index contributed by atoms with van der Waals surface area (Å²) in [5, 5.41) is 6.08. The van der Waals surface area contributed by atoms with Crippen LogP contribution in [0.3, 0.4) is 0 Å². The van der Waals surface area contributed by atoms with Crippen molar-refractivity contribution in [3.8, 4) is 0 Å². The highest BCUT2D eigenvalue weighted by Gasteiger charge is 2.44. The number of amides is 2. The number of benzene rings is 1. The summed E-state index contributed by atoms with van der Waals surface area (Å²) in [6.45, 7) is 0.582. The van der Waals surface area contributed by atoms with Gasteiger partial charge in [-0.25, -0.2) is 9.59 Å². The van der Waals surface area contributed by atoms with Gasteiger partial charge in [0.1, 0.15) is 0 Å². The zero-order chi connectivity index (χ0) is 18.4. The Kier molecular flexibility index (Phi) is 4.16. The van der Waals surface area contributed by atoms with Crippen molar-refractivity contribution >= 4 is 22.6 Å². The zero-order valence-corrected chi connectivity index (χ0v) is 14.9. The van der Waals surface area contributed by atoms with Crippen LogP contribution in [0.25, 0.3) is 10.9 Å². The van der Waals surface area contributed by atoms with Gasteiger partial charge in [-0.3, -0.25) is 13.9 Å². The molecule has 0 unspecified atom stereocenters. The van der Waals surface area contributed by atoms with Gasteiger partial charge in [0, 0.05) is 31.9 Å². The fraction of sp³-hybridized carbons (Fsp3) is 0.471. The molecule has 0 radical (unpaired) electrons. The first-order chi connectivity index (χ1) is 11.7. The second kappa shape index (κ2) is 6.03. The Morgan fingerprint density at radius 2 is 1.88 bits per heavy atom. The zero-order valence-electron chi connectivity index (χ0n) is 14.9. The monoisotopic (exact) mass is 345 g/mol. The van der Waals surface area contributed by atoms with Crippen molar-refractivity contribution < 1.29 is 4.79 Å². The minimum atomic E-state index is -0.402. The van der Waals surface area contributed by atoms with E-state index in [2.05, 4.69) is 15.5 Å². The third kappa shape index (κ3) is 3.05. The molecule has 0 spiro atoms. The minimum absolute atomic E-state index is 0.0663. The van der Waals surface area contributed by atoms with Crippen LogP contribution in [-0.4, -0.2) is 46.2 Å². The molecule has 0 aliphatic heterocycles. The second-order valence-corrected chi connectivity index (χ2v) is 6.86. The fourth-order valence-corrected chi connectivity index (χ4v) is 3.01. The van der Waals surface area contributed by atoms with Gasteiger partial charge in [0.15, 0.2) is 0 Å². The van der Waals surface area contributed by atoms with Gasteiger partial charge >= 0.3 is 11.7 Å². The van der Waals surface area contributed by atoms with E-state index in [1.165, 1.54) is 11.6 Å². The first-order valence-electron chi connectivity index (χ1n) is 8.17. The summed E-state index contributed by atoms with van der Waals surface area (Å²) in [5.41, 5.74) is 0.328. The molecule has 0 atom stereocenters. The minimum Gasteiger partial charge on any atom is -0.336 e. The van der Waals surface area contributed by atoms with Gasteiger partial charge in [-0.15, -0.1) is 0 Å². The van der Waals surface area contributed by atoms with Crippen molar-refractivity contribution in [3.05, 3.63) is 39.0 Å². The van der Waals surface area contributed by atoms with Crippen molar-refractivity contribution in [1.29, 1.82) is 0 Å². The van der Waals surface area contributed by atoms with Crippen LogP contribution in [0.15, 0.2) is 27.8 Å². The third-order valence-corrected chi connectivity index (χ3v) is 5.08. The highest BCUT2D eigenvalue weighted by Crippen LogP contribution is 2.39. The average molecular weight is 345 g/mol. The number of hydrogen-bond donors (Lipinski definition) is 2. The van der Waals surface area contributed by atoms with E-state index in [-0.39, 0.29) is 17.1 Å². The maximum absolute atomic E-state index is 12.2. The predicted octanol–water partition coefficient (Wildman–Crippen LogP) is 0.453. The summed E-state index contributed by atoms with van der Waals surface area (Å²) >= 11 is 0. The molecular formula is C17H23N5O3. The lowest BCUT2D eigenvalue weighted by molar-refractivity contribution is 0.236. The number of nitrogens with zero attached hydrogens (tertiary/aromatic N) is 3. The van der Waals surface area contributed by atoms with Gasteiger partial charge in [0.05, 0.1) is 10.9 Å². The van der Waals surface area contributed by atoms with Crippen molar-refractivity contribution in [2.75, 3.05) is 26.0 Å². The number of nitrogens with one attached hydrogen (secondary N) is 2. The number of urea groups is 1. The molecule has 1 aliphatic rings. The number of aromatic nitrogens is 2. The van der Waals surface area contributed by atoms with Crippen LogP contribution in [0.2, 0.25) is 0 Å². The predicted molar refractivity (Wildman–Crippen MR) is 97.1 cm³/mol. The molecule has 2 N–H and O–H groups in total. The first kappa shape index (κ1) is 17.2. The topological polar surface area (TPSA) is 88.4 Å². The number of fused-ring (bicyclic) bond motifs is 1. The van der Waals surface area contributed by atoms with E-state index in [1.807, 2.05) is 14.1 Å². The smallest absolute Gasteiger partial charge is 0.330 e. The summed E-state index contributed by atoms with van der Waals surface area (Å²) in [4.78, 5) is 38.5. The second-order valence-electron chi connectivity index (χ2n) is 6.86. The Balaban J connectivity index is 1.79. The molecule has 1 aromatic carbocycles. The summed E-state index contributed by atoms with van der Waals surface area (Å²) in [5.74, 6) is 0. The summed E-state index contributed by atoms with van der Waals surface area (Å²) < 4.78 is 2.46. The van der Waals surface area contributed by atoms with E-state index in [4.69, 9.17) is 0 Å². The normalized spacial score (nSPS) is 15.4. The molecule has 1 saturated carbocycles. The van der Waals surface area contributed by atoms with Crippen LogP contribution in [0.4, 0.5) is 10.5 Å². The number of likely N-dealkylation sites (N-methyl/N-ethyl adjacent to an activating group) is 1. The fourth-order valence-electron chi connectivity index (χ4n) is 3.01. The Labute approximate surface area is 145 Å². The lowest BCUT2D eigenvalue weighted by atomic mass is 10.2.